The number of nitrogens with zero attached hydrogens (tertiary/aromatic N) is 1. The Hall–Kier alpha value is -2.57. The van der Waals surface area contributed by atoms with E-state index in [1.807, 2.05) is 26.0 Å². The molecule has 2 aliphatic heterocycles. The number of carbonyl (C=O) groups is 3. The first-order valence-electron chi connectivity index (χ1n) is 8.48. The van der Waals surface area contributed by atoms with E-state index in [0.717, 1.165) is 28.8 Å². The zero-order valence-corrected chi connectivity index (χ0v) is 14.7. The van der Waals surface area contributed by atoms with Crippen molar-refractivity contribution in [3.05, 3.63) is 28.8 Å². The number of hydrogen-bond donors (Lipinski definition) is 2. The van der Waals surface area contributed by atoms with Crippen LogP contribution >= 0.6 is 0 Å². The molecule has 7 heteroatoms. The fraction of sp³-hybridized carbons (Fsp3) is 0.500. The molecule has 2 fully saturated rings. The van der Waals surface area contributed by atoms with E-state index in [9.17, 15) is 14.4 Å². The lowest BCUT2D eigenvalue weighted by molar-refractivity contribution is -0.120. The second-order valence-electron chi connectivity index (χ2n) is 6.68. The average Bonchev–Trinajstić information content (AvgIpc) is 3.11. The molecule has 2 unspecified atom stereocenters. The van der Waals surface area contributed by atoms with Gasteiger partial charge >= 0.3 is 6.09 Å². The monoisotopic (exact) mass is 345 g/mol. The molecule has 1 aromatic carbocycles. The summed E-state index contributed by atoms with van der Waals surface area (Å²) < 4.78 is 5.31. The van der Waals surface area contributed by atoms with Gasteiger partial charge in [-0.1, -0.05) is 0 Å². The third-order valence-corrected chi connectivity index (χ3v) is 4.74. The second kappa shape index (κ2) is 6.74. The second-order valence-corrected chi connectivity index (χ2v) is 6.68. The molecule has 25 heavy (non-hydrogen) atoms. The standard InChI is InChI=1S/C18H23N3O4/c1-10-6-13(7-11(2)16(10)15-4-5-19-17(15)23)21-9-14(25-18(21)24)8-20-12(3)22/h6-7,14-15H,4-5,8-9H2,1-3H3,(H,19,23)(H,20,22). The summed E-state index contributed by atoms with van der Waals surface area (Å²) in [6.07, 6.45) is 0.0162. The van der Waals surface area contributed by atoms with Gasteiger partial charge < -0.3 is 15.4 Å². The summed E-state index contributed by atoms with van der Waals surface area (Å²) >= 11 is 0. The number of anilines is 1. The lowest BCUT2D eigenvalue weighted by Gasteiger charge is -2.20. The van der Waals surface area contributed by atoms with Crippen LogP contribution in [0.25, 0.3) is 0 Å². The van der Waals surface area contributed by atoms with Gasteiger partial charge in [-0.25, -0.2) is 4.79 Å². The van der Waals surface area contributed by atoms with Gasteiger partial charge in [-0.15, -0.1) is 0 Å². The molecule has 2 N–H and O–H groups in total. The molecule has 3 rings (SSSR count). The zero-order valence-electron chi connectivity index (χ0n) is 14.7. The van der Waals surface area contributed by atoms with Crippen molar-refractivity contribution in [2.75, 3.05) is 24.5 Å². The molecule has 0 radical (unpaired) electrons. The summed E-state index contributed by atoms with van der Waals surface area (Å²) in [5.41, 5.74) is 3.79. The van der Waals surface area contributed by atoms with E-state index in [1.165, 1.54) is 6.92 Å². The number of rotatable bonds is 4. The van der Waals surface area contributed by atoms with Crippen molar-refractivity contribution >= 4 is 23.6 Å². The number of benzene rings is 1. The molecule has 0 aromatic heterocycles. The van der Waals surface area contributed by atoms with Crippen molar-refractivity contribution in [2.24, 2.45) is 0 Å². The van der Waals surface area contributed by atoms with Gasteiger partial charge in [-0.3, -0.25) is 14.5 Å². The van der Waals surface area contributed by atoms with Crippen LogP contribution in [0.15, 0.2) is 12.1 Å². The highest BCUT2D eigenvalue weighted by Gasteiger charge is 2.34. The summed E-state index contributed by atoms with van der Waals surface area (Å²) in [4.78, 5) is 36.8. The van der Waals surface area contributed by atoms with Gasteiger partial charge in [-0.2, -0.15) is 0 Å². The van der Waals surface area contributed by atoms with Crippen LogP contribution in [0.3, 0.4) is 0 Å². The van der Waals surface area contributed by atoms with E-state index in [1.54, 1.807) is 4.90 Å². The number of ether oxygens (including phenoxy) is 1. The van der Waals surface area contributed by atoms with E-state index in [4.69, 9.17) is 4.74 Å². The highest BCUT2D eigenvalue weighted by atomic mass is 16.6. The number of amides is 3. The van der Waals surface area contributed by atoms with Crippen molar-refractivity contribution in [1.29, 1.82) is 0 Å². The Balaban J connectivity index is 1.80. The minimum atomic E-state index is -0.416. The molecule has 0 aliphatic carbocycles. The van der Waals surface area contributed by atoms with E-state index in [2.05, 4.69) is 10.6 Å². The molecule has 7 nitrogen and oxygen atoms in total. The fourth-order valence-corrected chi connectivity index (χ4v) is 3.62. The molecule has 2 aliphatic rings. The van der Waals surface area contributed by atoms with Crippen LogP contribution in [0.1, 0.15) is 36.0 Å². The number of cyclic esters (lactones) is 1. The minimum absolute atomic E-state index is 0.0647. The maximum atomic E-state index is 12.2. The molecule has 0 saturated carbocycles. The Bertz CT molecular complexity index is 708. The Labute approximate surface area is 146 Å². The summed E-state index contributed by atoms with van der Waals surface area (Å²) in [6, 6.07) is 3.85. The molecular weight excluding hydrogens is 322 g/mol. The van der Waals surface area contributed by atoms with Crippen LogP contribution in [-0.2, 0) is 14.3 Å². The van der Waals surface area contributed by atoms with Crippen LogP contribution in [0.5, 0.6) is 0 Å². The Morgan fingerprint density at radius 3 is 2.56 bits per heavy atom. The van der Waals surface area contributed by atoms with Gasteiger partial charge in [0.25, 0.3) is 0 Å². The minimum Gasteiger partial charge on any atom is -0.442 e. The van der Waals surface area contributed by atoms with Crippen LogP contribution in [0, 0.1) is 13.8 Å². The Kier molecular flexibility index (Phi) is 4.65. The summed E-state index contributed by atoms with van der Waals surface area (Å²) in [7, 11) is 0. The van der Waals surface area contributed by atoms with E-state index < -0.39 is 6.09 Å². The van der Waals surface area contributed by atoms with Crippen molar-refractivity contribution in [1.82, 2.24) is 10.6 Å². The van der Waals surface area contributed by atoms with Crippen LogP contribution in [-0.4, -0.2) is 43.6 Å². The largest absolute Gasteiger partial charge is 0.442 e. The number of hydrogen-bond acceptors (Lipinski definition) is 4. The van der Waals surface area contributed by atoms with Crippen LogP contribution in [0.4, 0.5) is 10.5 Å². The van der Waals surface area contributed by atoms with Crippen molar-refractivity contribution in [3.63, 3.8) is 0 Å². The topological polar surface area (TPSA) is 87.7 Å². The third-order valence-electron chi connectivity index (χ3n) is 4.74. The van der Waals surface area contributed by atoms with E-state index in [0.29, 0.717) is 19.6 Å². The van der Waals surface area contributed by atoms with Gasteiger partial charge in [0, 0.05) is 19.2 Å². The maximum Gasteiger partial charge on any atom is 0.414 e. The van der Waals surface area contributed by atoms with E-state index in [-0.39, 0.29) is 23.8 Å². The van der Waals surface area contributed by atoms with Crippen molar-refractivity contribution in [3.8, 4) is 0 Å². The predicted molar refractivity (Wildman–Crippen MR) is 92.6 cm³/mol. The summed E-state index contributed by atoms with van der Waals surface area (Å²) in [5, 5.41) is 5.54. The maximum absolute atomic E-state index is 12.2. The molecule has 0 bridgehead atoms. The average molecular weight is 345 g/mol. The normalized spacial score (nSPS) is 22.8. The molecule has 1 aromatic rings. The highest BCUT2D eigenvalue weighted by molar-refractivity contribution is 5.91. The van der Waals surface area contributed by atoms with Gasteiger partial charge in [0.1, 0.15) is 6.10 Å². The third kappa shape index (κ3) is 3.45. The van der Waals surface area contributed by atoms with Gasteiger partial charge in [0.15, 0.2) is 0 Å². The van der Waals surface area contributed by atoms with E-state index >= 15 is 0 Å². The molecule has 2 saturated heterocycles. The lowest BCUT2D eigenvalue weighted by atomic mass is 9.89. The smallest absolute Gasteiger partial charge is 0.414 e. The summed E-state index contributed by atoms with van der Waals surface area (Å²) in [6.45, 7) is 6.75. The molecule has 3 amide bonds. The molecule has 134 valence electrons. The SMILES string of the molecule is CC(=O)NCC1CN(c2cc(C)c(C3CCNC3=O)c(C)c2)C(=O)O1. The zero-order chi connectivity index (χ0) is 18.1. The highest BCUT2D eigenvalue weighted by Crippen LogP contribution is 2.33. The van der Waals surface area contributed by atoms with Gasteiger partial charge in [-0.05, 0) is 49.1 Å². The molecule has 2 heterocycles. The first kappa shape index (κ1) is 17.3. The number of carbonyl (C=O) groups excluding carboxylic acids is 3. The fourth-order valence-electron chi connectivity index (χ4n) is 3.62. The first-order chi connectivity index (χ1) is 11.9. The quantitative estimate of drug-likeness (QED) is 0.863. The molecule has 0 spiro atoms. The Morgan fingerprint density at radius 1 is 1.32 bits per heavy atom. The predicted octanol–water partition coefficient (Wildman–Crippen LogP) is 1.37. The molecule has 2 atom stereocenters. The lowest BCUT2D eigenvalue weighted by Crippen LogP contribution is -2.33. The van der Waals surface area contributed by atoms with Crippen molar-refractivity contribution in [2.45, 2.75) is 39.2 Å². The Morgan fingerprint density at radius 2 is 2.00 bits per heavy atom. The summed E-state index contributed by atoms with van der Waals surface area (Å²) in [5.74, 6) is -0.206. The van der Waals surface area contributed by atoms with Gasteiger partial charge in [0.05, 0.1) is 19.0 Å². The van der Waals surface area contributed by atoms with Crippen LogP contribution < -0.4 is 15.5 Å². The first-order valence-corrected chi connectivity index (χ1v) is 8.48. The van der Waals surface area contributed by atoms with Crippen LogP contribution in [0.2, 0.25) is 0 Å². The van der Waals surface area contributed by atoms with Crippen molar-refractivity contribution < 1.29 is 19.1 Å². The molecular formula is C18H23N3O4. The number of aryl methyl sites for hydroxylation is 2. The van der Waals surface area contributed by atoms with Gasteiger partial charge in [0.2, 0.25) is 11.8 Å². The number of nitrogens with one attached hydrogen (secondary N) is 2.